The van der Waals surface area contributed by atoms with Crippen molar-refractivity contribution in [3.05, 3.63) is 35.9 Å². The van der Waals surface area contributed by atoms with Gasteiger partial charge in [0, 0.05) is 26.2 Å². The van der Waals surface area contributed by atoms with Gasteiger partial charge in [-0.05, 0) is 25.5 Å². The molecule has 19 heavy (non-hydrogen) atoms. The second-order valence-electron chi connectivity index (χ2n) is 5.26. The van der Waals surface area contributed by atoms with Gasteiger partial charge in [0.05, 0.1) is 6.04 Å². The van der Waals surface area contributed by atoms with Crippen LogP contribution >= 0.6 is 0 Å². The predicted octanol–water partition coefficient (Wildman–Crippen LogP) is 0.721. The number of amides is 1. The summed E-state index contributed by atoms with van der Waals surface area (Å²) < 4.78 is 0. The third kappa shape index (κ3) is 4.04. The molecule has 1 amide bonds. The van der Waals surface area contributed by atoms with E-state index in [9.17, 15) is 4.79 Å². The number of nitrogens with two attached hydrogens (primary N) is 1. The van der Waals surface area contributed by atoms with E-state index in [1.807, 2.05) is 23.1 Å². The lowest BCUT2D eigenvalue weighted by Gasteiger charge is -2.33. The van der Waals surface area contributed by atoms with Crippen molar-refractivity contribution in [3.63, 3.8) is 0 Å². The van der Waals surface area contributed by atoms with Crippen molar-refractivity contribution in [2.75, 3.05) is 33.2 Å². The number of hydrogen-bond donors (Lipinski definition) is 1. The van der Waals surface area contributed by atoms with Gasteiger partial charge in [-0.25, -0.2) is 0 Å². The van der Waals surface area contributed by atoms with E-state index in [4.69, 9.17) is 5.73 Å². The van der Waals surface area contributed by atoms with E-state index < -0.39 is 0 Å². The normalized spacial score (nSPS) is 18.3. The van der Waals surface area contributed by atoms with Gasteiger partial charge in [-0.15, -0.1) is 0 Å². The molecular weight excluding hydrogens is 238 g/mol. The van der Waals surface area contributed by atoms with Crippen LogP contribution in [0.2, 0.25) is 0 Å². The zero-order valence-corrected chi connectivity index (χ0v) is 11.6. The van der Waals surface area contributed by atoms with Crippen LogP contribution in [0, 0.1) is 0 Å². The zero-order chi connectivity index (χ0) is 13.7. The molecule has 1 atom stereocenters. The molecule has 0 saturated carbocycles. The van der Waals surface area contributed by atoms with Crippen molar-refractivity contribution in [2.45, 2.75) is 18.9 Å². The first-order chi connectivity index (χ1) is 9.16. The molecule has 104 valence electrons. The highest BCUT2D eigenvalue weighted by molar-refractivity contribution is 5.81. The number of benzene rings is 1. The number of carbonyl (C=O) groups is 1. The Morgan fingerprint density at radius 3 is 2.47 bits per heavy atom. The Hall–Kier alpha value is -1.39. The summed E-state index contributed by atoms with van der Waals surface area (Å²) in [4.78, 5) is 16.3. The third-order valence-corrected chi connectivity index (χ3v) is 3.72. The van der Waals surface area contributed by atoms with Gasteiger partial charge in [0.1, 0.15) is 0 Å². The summed E-state index contributed by atoms with van der Waals surface area (Å²) in [6.07, 6.45) is 1.58. The van der Waals surface area contributed by atoms with Crippen LogP contribution < -0.4 is 5.73 Å². The minimum atomic E-state index is -0.372. The molecule has 2 rings (SSSR count). The summed E-state index contributed by atoms with van der Waals surface area (Å²) in [6, 6.07) is 9.81. The second-order valence-corrected chi connectivity index (χ2v) is 5.26. The van der Waals surface area contributed by atoms with Crippen LogP contribution in [0.5, 0.6) is 0 Å². The molecule has 1 aromatic rings. The summed E-state index contributed by atoms with van der Waals surface area (Å²) in [6.45, 7) is 3.48. The van der Waals surface area contributed by atoms with Gasteiger partial charge in [-0.2, -0.15) is 0 Å². The van der Waals surface area contributed by atoms with E-state index in [-0.39, 0.29) is 11.9 Å². The molecule has 1 heterocycles. The van der Waals surface area contributed by atoms with Gasteiger partial charge in [0.15, 0.2) is 0 Å². The fraction of sp³-hybridized carbons (Fsp3) is 0.533. The summed E-state index contributed by atoms with van der Waals surface area (Å²) in [5.41, 5.74) is 7.27. The van der Waals surface area contributed by atoms with Crippen LogP contribution in [0.4, 0.5) is 0 Å². The van der Waals surface area contributed by atoms with E-state index in [0.717, 1.165) is 39.0 Å². The van der Waals surface area contributed by atoms with Gasteiger partial charge in [0.2, 0.25) is 5.91 Å². The van der Waals surface area contributed by atoms with Crippen molar-refractivity contribution >= 4 is 5.91 Å². The highest BCUT2D eigenvalue weighted by Gasteiger charge is 2.23. The average Bonchev–Trinajstić information content (AvgIpc) is 2.46. The largest absolute Gasteiger partial charge is 0.339 e. The number of piperazine rings is 1. The average molecular weight is 261 g/mol. The van der Waals surface area contributed by atoms with Crippen molar-refractivity contribution in [3.8, 4) is 0 Å². The SMILES string of the molecule is CN1CCN(C(=O)C(N)CCc2ccccc2)CC1. The molecule has 1 aliphatic rings. The van der Waals surface area contributed by atoms with Crippen molar-refractivity contribution < 1.29 is 4.79 Å². The molecule has 0 spiro atoms. The number of likely N-dealkylation sites (N-methyl/N-ethyl adjacent to an activating group) is 1. The highest BCUT2D eigenvalue weighted by Crippen LogP contribution is 2.07. The lowest BCUT2D eigenvalue weighted by Crippen LogP contribution is -2.52. The topological polar surface area (TPSA) is 49.6 Å². The smallest absolute Gasteiger partial charge is 0.239 e. The zero-order valence-electron chi connectivity index (χ0n) is 11.6. The first-order valence-electron chi connectivity index (χ1n) is 6.93. The van der Waals surface area contributed by atoms with Crippen LogP contribution in [0.1, 0.15) is 12.0 Å². The van der Waals surface area contributed by atoms with E-state index in [2.05, 4.69) is 24.1 Å². The van der Waals surface area contributed by atoms with Crippen LogP contribution in [-0.4, -0.2) is 55.0 Å². The maximum atomic E-state index is 12.2. The molecule has 1 fully saturated rings. The molecule has 0 bridgehead atoms. The van der Waals surface area contributed by atoms with E-state index in [1.54, 1.807) is 0 Å². The Kier molecular flexibility index (Phi) is 4.93. The number of carbonyl (C=O) groups excluding carboxylic acids is 1. The molecular formula is C15H23N3O. The van der Waals surface area contributed by atoms with Crippen LogP contribution in [0.15, 0.2) is 30.3 Å². The summed E-state index contributed by atoms with van der Waals surface area (Å²) in [5.74, 6) is 0.101. The fourth-order valence-corrected chi connectivity index (χ4v) is 2.35. The maximum Gasteiger partial charge on any atom is 0.239 e. The van der Waals surface area contributed by atoms with Crippen LogP contribution in [-0.2, 0) is 11.2 Å². The lowest BCUT2D eigenvalue weighted by molar-refractivity contribution is -0.134. The van der Waals surface area contributed by atoms with E-state index in [0.29, 0.717) is 0 Å². The van der Waals surface area contributed by atoms with Gasteiger partial charge in [-0.3, -0.25) is 4.79 Å². The quantitative estimate of drug-likeness (QED) is 0.869. The Morgan fingerprint density at radius 1 is 1.21 bits per heavy atom. The number of rotatable bonds is 4. The number of aryl methyl sites for hydroxylation is 1. The second kappa shape index (κ2) is 6.68. The maximum absolute atomic E-state index is 12.2. The first-order valence-corrected chi connectivity index (χ1v) is 6.93. The summed E-state index contributed by atoms with van der Waals surface area (Å²) in [7, 11) is 2.08. The molecule has 1 saturated heterocycles. The molecule has 0 aromatic heterocycles. The summed E-state index contributed by atoms with van der Waals surface area (Å²) in [5, 5.41) is 0. The molecule has 1 aliphatic heterocycles. The Bertz CT molecular complexity index is 399. The Labute approximate surface area is 115 Å². The highest BCUT2D eigenvalue weighted by atomic mass is 16.2. The number of hydrogen-bond acceptors (Lipinski definition) is 3. The fourth-order valence-electron chi connectivity index (χ4n) is 2.35. The molecule has 1 unspecified atom stereocenters. The standard InChI is InChI=1S/C15H23N3O/c1-17-9-11-18(12-10-17)15(19)14(16)8-7-13-5-3-2-4-6-13/h2-6,14H,7-12,16H2,1H3. The summed E-state index contributed by atoms with van der Waals surface area (Å²) >= 11 is 0. The molecule has 2 N–H and O–H groups in total. The lowest BCUT2D eigenvalue weighted by atomic mass is 10.0. The Balaban J connectivity index is 1.79. The van der Waals surface area contributed by atoms with Crippen molar-refractivity contribution in [1.82, 2.24) is 9.80 Å². The van der Waals surface area contributed by atoms with Crippen molar-refractivity contribution in [2.24, 2.45) is 5.73 Å². The monoisotopic (exact) mass is 261 g/mol. The molecule has 4 nitrogen and oxygen atoms in total. The predicted molar refractivity (Wildman–Crippen MR) is 76.8 cm³/mol. The van der Waals surface area contributed by atoms with E-state index >= 15 is 0 Å². The molecule has 0 aliphatic carbocycles. The first kappa shape index (κ1) is 14.0. The van der Waals surface area contributed by atoms with Gasteiger partial charge in [0.25, 0.3) is 0 Å². The van der Waals surface area contributed by atoms with Crippen LogP contribution in [0.3, 0.4) is 0 Å². The molecule has 4 heteroatoms. The minimum absolute atomic E-state index is 0.101. The molecule has 0 radical (unpaired) electrons. The minimum Gasteiger partial charge on any atom is -0.339 e. The number of nitrogens with zero attached hydrogens (tertiary/aromatic N) is 2. The third-order valence-electron chi connectivity index (χ3n) is 3.72. The van der Waals surface area contributed by atoms with Gasteiger partial charge < -0.3 is 15.5 Å². The Morgan fingerprint density at radius 2 is 1.84 bits per heavy atom. The van der Waals surface area contributed by atoms with Gasteiger partial charge >= 0.3 is 0 Å². The van der Waals surface area contributed by atoms with Gasteiger partial charge in [-0.1, -0.05) is 30.3 Å². The van der Waals surface area contributed by atoms with E-state index in [1.165, 1.54) is 5.56 Å². The van der Waals surface area contributed by atoms with Crippen molar-refractivity contribution in [1.29, 1.82) is 0 Å². The molecule has 1 aromatic carbocycles. The van der Waals surface area contributed by atoms with Crippen LogP contribution in [0.25, 0.3) is 0 Å².